The first-order chi connectivity index (χ1) is 9.77. The van der Waals surface area contributed by atoms with Crippen LogP contribution < -0.4 is 14.8 Å². The van der Waals surface area contributed by atoms with E-state index in [-0.39, 0.29) is 4.90 Å². The molecular weight excluding hydrogens is 356 g/mol. The number of benzene rings is 2. The van der Waals surface area contributed by atoms with Crippen LogP contribution in [-0.2, 0) is 10.0 Å². The minimum absolute atomic E-state index is 0.0313. The van der Waals surface area contributed by atoms with Gasteiger partial charge in [0.25, 0.3) is 0 Å². The van der Waals surface area contributed by atoms with Crippen LogP contribution >= 0.6 is 15.9 Å². The Morgan fingerprint density at radius 2 is 1.86 bits per heavy atom. The summed E-state index contributed by atoms with van der Waals surface area (Å²) in [6.45, 7) is 0. The zero-order valence-corrected chi connectivity index (χ0v) is 14.0. The predicted octanol–water partition coefficient (Wildman–Crippen LogP) is 2.95. The quantitative estimate of drug-likeness (QED) is 0.897. The van der Waals surface area contributed by atoms with Crippen molar-refractivity contribution in [2.45, 2.75) is 4.90 Å². The molecule has 5 nitrogen and oxygen atoms in total. The van der Waals surface area contributed by atoms with Gasteiger partial charge < -0.3 is 9.64 Å². The lowest BCUT2D eigenvalue weighted by molar-refractivity contribution is 0.479. The van der Waals surface area contributed by atoms with Gasteiger partial charge in [-0.1, -0.05) is 6.07 Å². The average molecular weight is 371 g/mol. The Balaban J connectivity index is 2.30. The Morgan fingerprint density at radius 3 is 2.43 bits per heavy atom. The highest BCUT2D eigenvalue weighted by atomic mass is 79.9. The third-order valence-corrected chi connectivity index (χ3v) is 4.32. The smallest absolute Gasteiger partial charge is 0.238 e. The maximum absolute atomic E-state index is 11.3. The minimum atomic E-state index is -3.73. The molecule has 0 aliphatic heterocycles. The number of nitrogens with zero attached hydrogens (tertiary/aromatic N) is 1. The summed E-state index contributed by atoms with van der Waals surface area (Å²) in [5, 5.41) is 5.09. The Kier molecular flexibility index (Phi) is 4.55. The maximum atomic E-state index is 11.3. The van der Waals surface area contributed by atoms with Gasteiger partial charge in [-0.2, -0.15) is 0 Å². The molecule has 0 saturated carbocycles. The van der Waals surface area contributed by atoms with Crippen molar-refractivity contribution in [3.05, 3.63) is 46.9 Å². The van der Waals surface area contributed by atoms with E-state index in [4.69, 9.17) is 9.88 Å². The van der Waals surface area contributed by atoms with Crippen molar-refractivity contribution < 1.29 is 13.2 Å². The van der Waals surface area contributed by atoms with Crippen LogP contribution in [0.15, 0.2) is 51.8 Å². The largest absolute Gasteiger partial charge is 0.456 e. The van der Waals surface area contributed by atoms with Gasteiger partial charge in [-0.15, -0.1) is 0 Å². The van der Waals surface area contributed by atoms with Crippen molar-refractivity contribution in [3.8, 4) is 11.5 Å². The summed E-state index contributed by atoms with van der Waals surface area (Å²) in [4.78, 5) is 2.00. The van der Waals surface area contributed by atoms with E-state index in [0.29, 0.717) is 16.0 Å². The highest BCUT2D eigenvalue weighted by Gasteiger charge is 2.11. The topological polar surface area (TPSA) is 72.6 Å². The first-order valence-electron chi connectivity index (χ1n) is 6.05. The Bertz CT molecular complexity index is 761. The summed E-state index contributed by atoms with van der Waals surface area (Å²) in [5.41, 5.74) is 1.00. The van der Waals surface area contributed by atoms with Crippen molar-refractivity contribution in [2.24, 2.45) is 5.14 Å². The van der Waals surface area contributed by atoms with Crippen LogP contribution in [0.2, 0.25) is 0 Å². The molecule has 0 unspecified atom stereocenters. The Morgan fingerprint density at radius 1 is 1.14 bits per heavy atom. The molecule has 2 rings (SSSR count). The summed E-state index contributed by atoms with van der Waals surface area (Å²) in [6.07, 6.45) is 0. The lowest BCUT2D eigenvalue weighted by Crippen LogP contribution is -2.12. The fourth-order valence-corrected chi connectivity index (χ4v) is 2.84. The second kappa shape index (κ2) is 6.05. The van der Waals surface area contributed by atoms with Gasteiger partial charge in [0.2, 0.25) is 10.0 Å². The normalized spacial score (nSPS) is 11.2. The molecule has 0 amide bonds. The van der Waals surface area contributed by atoms with Gasteiger partial charge in [0.05, 0.1) is 9.37 Å². The number of anilines is 1. The monoisotopic (exact) mass is 370 g/mol. The molecule has 0 aliphatic carbocycles. The Hall–Kier alpha value is -1.57. The molecule has 112 valence electrons. The molecule has 0 fully saturated rings. The van der Waals surface area contributed by atoms with Crippen LogP contribution in [0.5, 0.6) is 11.5 Å². The van der Waals surface area contributed by atoms with Crippen molar-refractivity contribution in [2.75, 3.05) is 19.0 Å². The van der Waals surface area contributed by atoms with Crippen LogP contribution in [0.25, 0.3) is 0 Å². The molecule has 21 heavy (non-hydrogen) atoms. The van der Waals surface area contributed by atoms with E-state index < -0.39 is 10.0 Å². The van der Waals surface area contributed by atoms with E-state index in [1.807, 2.05) is 43.3 Å². The van der Waals surface area contributed by atoms with Crippen molar-refractivity contribution >= 4 is 31.6 Å². The standard InChI is InChI=1S/C14H15BrN2O3S/c1-17(2)10-4-3-5-11(8-10)20-14-7-6-12(9-13(14)15)21(16,18)19/h3-9H,1-2H3,(H2,16,18,19). The molecule has 0 atom stereocenters. The second-order valence-electron chi connectivity index (χ2n) is 4.63. The lowest BCUT2D eigenvalue weighted by Gasteiger charge is -2.14. The van der Waals surface area contributed by atoms with E-state index in [2.05, 4.69) is 15.9 Å². The molecule has 0 heterocycles. The number of hydrogen-bond acceptors (Lipinski definition) is 4. The van der Waals surface area contributed by atoms with Gasteiger partial charge in [0, 0.05) is 25.8 Å². The molecule has 0 bridgehead atoms. The number of nitrogens with two attached hydrogens (primary N) is 1. The van der Waals surface area contributed by atoms with Gasteiger partial charge in [0.1, 0.15) is 11.5 Å². The summed E-state index contributed by atoms with van der Waals surface area (Å²) in [6, 6.07) is 12.0. The number of primary sulfonamides is 1. The maximum Gasteiger partial charge on any atom is 0.238 e. The van der Waals surface area contributed by atoms with E-state index in [0.717, 1.165) is 5.69 Å². The average Bonchev–Trinajstić information content (AvgIpc) is 2.40. The summed E-state index contributed by atoms with van der Waals surface area (Å²) in [5.74, 6) is 1.17. The van der Waals surface area contributed by atoms with Gasteiger partial charge in [-0.3, -0.25) is 0 Å². The number of rotatable bonds is 4. The van der Waals surface area contributed by atoms with E-state index in [1.54, 1.807) is 6.07 Å². The molecule has 0 saturated heterocycles. The van der Waals surface area contributed by atoms with Crippen molar-refractivity contribution in [1.82, 2.24) is 0 Å². The third kappa shape index (κ3) is 3.96. The van der Waals surface area contributed by atoms with Crippen LogP contribution in [-0.4, -0.2) is 22.5 Å². The zero-order chi connectivity index (χ0) is 15.6. The molecule has 2 aromatic rings. The summed E-state index contributed by atoms with van der Waals surface area (Å²) >= 11 is 3.29. The number of ether oxygens (including phenoxy) is 1. The molecule has 7 heteroatoms. The second-order valence-corrected chi connectivity index (χ2v) is 7.05. The van der Waals surface area contributed by atoms with Crippen LogP contribution in [0, 0.1) is 0 Å². The molecule has 0 aromatic heterocycles. The number of hydrogen-bond donors (Lipinski definition) is 1. The van der Waals surface area contributed by atoms with Crippen LogP contribution in [0.3, 0.4) is 0 Å². The highest BCUT2D eigenvalue weighted by Crippen LogP contribution is 2.32. The number of halogens is 1. The molecule has 2 aromatic carbocycles. The lowest BCUT2D eigenvalue weighted by atomic mass is 10.3. The van der Waals surface area contributed by atoms with Gasteiger partial charge in [-0.05, 0) is 46.3 Å². The van der Waals surface area contributed by atoms with Crippen LogP contribution in [0.1, 0.15) is 0 Å². The predicted molar refractivity (Wildman–Crippen MR) is 86.4 cm³/mol. The van der Waals surface area contributed by atoms with Gasteiger partial charge in [-0.25, -0.2) is 13.6 Å². The minimum Gasteiger partial charge on any atom is -0.456 e. The fraction of sp³-hybridized carbons (Fsp3) is 0.143. The van der Waals surface area contributed by atoms with Gasteiger partial charge in [0.15, 0.2) is 0 Å². The highest BCUT2D eigenvalue weighted by molar-refractivity contribution is 9.10. The van der Waals surface area contributed by atoms with Crippen molar-refractivity contribution in [3.63, 3.8) is 0 Å². The SMILES string of the molecule is CN(C)c1cccc(Oc2ccc(S(N)(=O)=O)cc2Br)c1. The molecule has 0 spiro atoms. The molecular formula is C14H15BrN2O3S. The van der Waals surface area contributed by atoms with E-state index >= 15 is 0 Å². The van der Waals surface area contributed by atoms with Gasteiger partial charge >= 0.3 is 0 Å². The molecule has 0 aliphatic rings. The first-order valence-corrected chi connectivity index (χ1v) is 8.39. The van der Waals surface area contributed by atoms with Crippen molar-refractivity contribution in [1.29, 1.82) is 0 Å². The summed E-state index contributed by atoms with van der Waals surface area (Å²) < 4.78 is 28.8. The number of sulfonamides is 1. The molecule has 0 radical (unpaired) electrons. The third-order valence-electron chi connectivity index (χ3n) is 2.79. The van der Waals surface area contributed by atoms with E-state index in [9.17, 15) is 8.42 Å². The fourth-order valence-electron chi connectivity index (χ4n) is 1.69. The van der Waals surface area contributed by atoms with E-state index in [1.165, 1.54) is 12.1 Å². The molecule has 2 N–H and O–H groups in total. The zero-order valence-electron chi connectivity index (χ0n) is 11.6. The Labute approximate surface area is 132 Å². The first kappa shape index (κ1) is 15.8. The summed E-state index contributed by atoms with van der Waals surface area (Å²) in [7, 11) is 0.156. The van der Waals surface area contributed by atoms with Crippen LogP contribution in [0.4, 0.5) is 5.69 Å².